The molecule has 0 N–H and O–H groups in total. The molecule has 0 aromatic carbocycles. The van der Waals surface area contributed by atoms with E-state index in [1.165, 1.54) is 0 Å². The number of alkyl halides is 1. The van der Waals surface area contributed by atoms with Crippen LogP contribution >= 0.6 is 15.9 Å². The molecule has 5 nitrogen and oxygen atoms in total. The van der Waals surface area contributed by atoms with Gasteiger partial charge in [0.05, 0.1) is 0 Å². The van der Waals surface area contributed by atoms with Gasteiger partial charge in [-0.15, -0.1) is 0 Å². The van der Waals surface area contributed by atoms with Crippen molar-refractivity contribution in [2.45, 2.75) is 6.42 Å². The zero-order chi connectivity index (χ0) is 13.0. The SMILES string of the molecule is Cn1nccc1C(=O)N1CCCN(CCBr)CC1. The maximum Gasteiger partial charge on any atom is 0.272 e. The van der Waals surface area contributed by atoms with Gasteiger partial charge in [-0.1, -0.05) is 15.9 Å². The molecule has 1 fully saturated rings. The van der Waals surface area contributed by atoms with Gasteiger partial charge in [0, 0.05) is 44.8 Å². The van der Waals surface area contributed by atoms with E-state index < -0.39 is 0 Å². The van der Waals surface area contributed by atoms with Crippen molar-refractivity contribution in [3.8, 4) is 0 Å². The van der Waals surface area contributed by atoms with Crippen LogP contribution in [0.15, 0.2) is 12.3 Å². The maximum atomic E-state index is 12.3. The van der Waals surface area contributed by atoms with E-state index in [9.17, 15) is 4.79 Å². The Hall–Kier alpha value is -0.880. The summed E-state index contributed by atoms with van der Waals surface area (Å²) in [6.07, 6.45) is 2.71. The largest absolute Gasteiger partial charge is 0.336 e. The molecule has 0 saturated carbocycles. The minimum atomic E-state index is 0.0932. The standard InChI is InChI=1S/C12H19BrN4O/c1-15-11(3-5-14-15)12(18)17-7-2-6-16(8-4-13)9-10-17/h3,5H,2,4,6-10H2,1H3. The third kappa shape index (κ3) is 3.11. The molecule has 1 aromatic heterocycles. The second kappa shape index (κ2) is 6.33. The first-order valence-electron chi connectivity index (χ1n) is 6.28. The quantitative estimate of drug-likeness (QED) is 0.780. The molecule has 18 heavy (non-hydrogen) atoms. The van der Waals surface area contributed by atoms with Crippen molar-refractivity contribution in [3.63, 3.8) is 0 Å². The van der Waals surface area contributed by atoms with Crippen LogP contribution in [0.5, 0.6) is 0 Å². The van der Waals surface area contributed by atoms with E-state index in [2.05, 4.69) is 25.9 Å². The summed E-state index contributed by atoms with van der Waals surface area (Å²) in [6, 6.07) is 1.78. The van der Waals surface area contributed by atoms with Gasteiger partial charge in [-0.3, -0.25) is 9.48 Å². The second-order valence-corrected chi connectivity index (χ2v) is 5.31. The van der Waals surface area contributed by atoms with Crippen LogP contribution in [0.4, 0.5) is 0 Å². The van der Waals surface area contributed by atoms with Gasteiger partial charge in [0.2, 0.25) is 0 Å². The smallest absolute Gasteiger partial charge is 0.272 e. The van der Waals surface area contributed by atoms with E-state index in [0.717, 1.165) is 44.5 Å². The first kappa shape index (κ1) is 13.5. The zero-order valence-corrected chi connectivity index (χ0v) is 12.3. The summed E-state index contributed by atoms with van der Waals surface area (Å²) in [7, 11) is 1.81. The van der Waals surface area contributed by atoms with Crippen LogP contribution in [0, 0.1) is 0 Å². The fourth-order valence-electron chi connectivity index (χ4n) is 2.26. The highest BCUT2D eigenvalue weighted by Gasteiger charge is 2.21. The number of aryl methyl sites for hydroxylation is 1. The molecule has 2 heterocycles. The average Bonchev–Trinajstić information content (AvgIpc) is 2.64. The summed E-state index contributed by atoms with van der Waals surface area (Å²) in [5.41, 5.74) is 0.670. The van der Waals surface area contributed by atoms with Gasteiger partial charge in [0.25, 0.3) is 5.91 Å². The highest BCUT2D eigenvalue weighted by atomic mass is 79.9. The van der Waals surface area contributed by atoms with Gasteiger partial charge in [-0.2, -0.15) is 5.10 Å². The number of carbonyl (C=O) groups excluding carboxylic acids is 1. The third-order valence-corrected chi connectivity index (χ3v) is 3.67. The predicted octanol–water partition coefficient (Wildman–Crippen LogP) is 0.963. The van der Waals surface area contributed by atoms with Gasteiger partial charge in [-0.05, 0) is 19.0 Å². The summed E-state index contributed by atoms with van der Waals surface area (Å²) in [6.45, 7) is 4.71. The van der Waals surface area contributed by atoms with Crippen molar-refractivity contribution in [1.82, 2.24) is 19.6 Å². The van der Waals surface area contributed by atoms with Crippen molar-refractivity contribution in [2.24, 2.45) is 7.05 Å². The monoisotopic (exact) mass is 314 g/mol. The Morgan fingerprint density at radius 1 is 1.39 bits per heavy atom. The van der Waals surface area contributed by atoms with Crippen LogP contribution in [0.25, 0.3) is 0 Å². The number of amides is 1. The normalized spacial score (nSPS) is 17.8. The van der Waals surface area contributed by atoms with E-state index in [1.807, 2.05) is 11.9 Å². The lowest BCUT2D eigenvalue weighted by Gasteiger charge is -2.21. The Labute approximate surface area is 116 Å². The van der Waals surface area contributed by atoms with Gasteiger partial charge in [0.1, 0.15) is 5.69 Å². The minimum Gasteiger partial charge on any atom is -0.336 e. The van der Waals surface area contributed by atoms with Crippen LogP contribution in [0.1, 0.15) is 16.9 Å². The summed E-state index contributed by atoms with van der Waals surface area (Å²) in [4.78, 5) is 16.7. The molecule has 0 radical (unpaired) electrons. The zero-order valence-electron chi connectivity index (χ0n) is 10.7. The van der Waals surface area contributed by atoms with Crippen molar-refractivity contribution < 1.29 is 4.79 Å². The van der Waals surface area contributed by atoms with E-state index in [-0.39, 0.29) is 5.91 Å². The Balaban J connectivity index is 1.98. The first-order valence-corrected chi connectivity index (χ1v) is 7.40. The van der Waals surface area contributed by atoms with Gasteiger partial charge < -0.3 is 9.80 Å². The number of carbonyl (C=O) groups is 1. The van der Waals surface area contributed by atoms with Crippen molar-refractivity contribution in [1.29, 1.82) is 0 Å². The molecule has 0 atom stereocenters. The van der Waals surface area contributed by atoms with Crippen LogP contribution in [-0.2, 0) is 7.05 Å². The van der Waals surface area contributed by atoms with Crippen molar-refractivity contribution >= 4 is 21.8 Å². The van der Waals surface area contributed by atoms with Crippen LogP contribution in [0.3, 0.4) is 0 Å². The lowest BCUT2D eigenvalue weighted by atomic mass is 10.3. The number of nitrogens with zero attached hydrogens (tertiary/aromatic N) is 4. The Kier molecular flexibility index (Phi) is 4.77. The molecular weight excluding hydrogens is 296 g/mol. The Morgan fingerprint density at radius 3 is 2.89 bits per heavy atom. The van der Waals surface area contributed by atoms with Crippen LogP contribution < -0.4 is 0 Å². The number of hydrogen-bond acceptors (Lipinski definition) is 3. The molecule has 100 valence electrons. The van der Waals surface area contributed by atoms with Gasteiger partial charge in [-0.25, -0.2) is 0 Å². The molecule has 1 amide bonds. The van der Waals surface area contributed by atoms with E-state index in [0.29, 0.717) is 5.69 Å². The number of aromatic nitrogens is 2. The van der Waals surface area contributed by atoms with E-state index >= 15 is 0 Å². The van der Waals surface area contributed by atoms with Gasteiger partial charge >= 0.3 is 0 Å². The number of rotatable bonds is 3. The molecule has 1 aliphatic heterocycles. The highest BCUT2D eigenvalue weighted by molar-refractivity contribution is 9.09. The van der Waals surface area contributed by atoms with Crippen molar-refractivity contribution in [2.75, 3.05) is 38.1 Å². The van der Waals surface area contributed by atoms with E-state index in [1.54, 1.807) is 16.9 Å². The molecule has 6 heteroatoms. The molecule has 1 saturated heterocycles. The predicted molar refractivity (Wildman–Crippen MR) is 74.0 cm³/mol. The maximum absolute atomic E-state index is 12.3. The number of hydrogen-bond donors (Lipinski definition) is 0. The molecule has 1 aliphatic rings. The lowest BCUT2D eigenvalue weighted by molar-refractivity contribution is 0.0751. The minimum absolute atomic E-state index is 0.0932. The van der Waals surface area contributed by atoms with Crippen molar-refractivity contribution in [3.05, 3.63) is 18.0 Å². The van der Waals surface area contributed by atoms with Crippen LogP contribution in [-0.4, -0.2) is 63.5 Å². The summed E-state index contributed by atoms with van der Waals surface area (Å²) in [5, 5.41) is 5.04. The molecule has 0 aliphatic carbocycles. The Morgan fingerprint density at radius 2 is 2.22 bits per heavy atom. The van der Waals surface area contributed by atoms with Gasteiger partial charge in [0.15, 0.2) is 0 Å². The molecule has 1 aromatic rings. The molecular formula is C12H19BrN4O. The molecule has 2 rings (SSSR count). The summed E-state index contributed by atoms with van der Waals surface area (Å²) < 4.78 is 1.64. The third-order valence-electron chi connectivity index (χ3n) is 3.32. The summed E-state index contributed by atoms with van der Waals surface area (Å²) >= 11 is 3.46. The number of halogens is 1. The Bertz CT molecular complexity index is 407. The fourth-order valence-corrected chi connectivity index (χ4v) is 2.76. The molecule has 0 unspecified atom stereocenters. The fraction of sp³-hybridized carbons (Fsp3) is 0.667. The summed E-state index contributed by atoms with van der Waals surface area (Å²) in [5.74, 6) is 0.0932. The highest BCUT2D eigenvalue weighted by Crippen LogP contribution is 2.08. The average molecular weight is 315 g/mol. The second-order valence-electron chi connectivity index (χ2n) is 4.52. The van der Waals surface area contributed by atoms with Crippen LogP contribution in [0.2, 0.25) is 0 Å². The molecule has 0 spiro atoms. The topological polar surface area (TPSA) is 41.4 Å². The molecule has 0 bridgehead atoms. The lowest BCUT2D eigenvalue weighted by Crippen LogP contribution is -2.36. The first-order chi connectivity index (χ1) is 8.72. The van der Waals surface area contributed by atoms with E-state index in [4.69, 9.17) is 0 Å².